The van der Waals surface area contributed by atoms with Gasteiger partial charge in [0.1, 0.15) is 28.2 Å². The molecule has 2 aromatic heterocycles. The maximum absolute atomic E-state index is 13.4. The van der Waals surface area contributed by atoms with Gasteiger partial charge in [-0.2, -0.15) is 9.97 Å². The quantitative estimate of drug-likeness (QED) is 0.0105. The van der Waals surface area contributed by atoms with Gasteiger partial charge in [-0.05, 0) is 259 Å². The number of benzene rings is 3. The van der Waals surface area contributed by atoms with Crippen LogP contribution in [-0.4, -0.2) is 156 Å². The lowest BCUT2D eigenvalue weighted by Crippen LogP contribution is -2.45. The van der Waals surface area contributed by atoms with Crippen molar-refractivity contribution in [1.82, 2.24) is 46.0 Å². The number of rotatable bonds is 23. The Kier molecular flexibility index (Phi) is 26.6. The Labute approximate surface area is 656 Å². The van der Waals surface area contributed by atoms with Gasteiger partial charge in [0, 0.05) is 91.3 Å². The average Bonchev–Trinajstić information content (AvgIpc) is 1.59. The molecule has 6 atom stereocenters. The second-order valence-electron chi connectivity index (χ2n) is 37.3. The molecular formula is C86H126N12O13. The van der Waals surface area contributed by atoms with Crippen molar-refractivity contribution < 1.29 is 62.3 Å². The number of nitrogens with one attached hydrogen (secondary N) is 3. The molecule has 608 valence electrons. The highest BCUT2D eigenvalue weighted by Gasteiger charge is 2.57. The van der Waals surface area contributed by atoms with E-state index in [9.17, 15) is 24.0 Å². The normalized spacial score (nSPS) is 26.5. The van der Waals surface area contributed by atoms with Gasteiger partial charge in [0.2, 0.25) is 11.8 Å². The third kappa shape index (κ3) is 24.1. The van der Waals surface area contributed by atoms with Gasteiger partial charge in [0.25, 0.3) is 0 Å². The molecule has 9 N–H and O–H groups in total. The van der Waals surface area contributed by atoms with E-state index in [-0.39, 0.29) is 58.9 Å². The Morgan fingerprint density at radius 1 is 0.514 bits per heavy atom. The van der Waals surface area contributed by atoms with Crippen LogP contribution in [0.15, 0.2) is 105 Å². The van der Waals surface area contributed by atoms with Crippen molar-refractivity contribution >= 4 is 36.2 Å². The first-order valence-corrected chi connectivity index (χ1v) is 41.0. The standard InChI is InChI=1S/C32H46N4O5.C22H30N4O.C19H27N3O3.C13H23NO4/c1-30(2,3)39-28(37)33-19-21-12-14-23(15-13-21)26-34-27(35-41-26)32(16-17-32)20-36(29(38)40-31(4,5)6)25-18-24(25)22-10-8-7-9-11-22;23-13-15-6-8-17(9-7-15)20-25-21(26-27-20)22(10-11-22)14-24-19-12-18(19)16-4-2-1-3-5-16;1-18(2,3)25-17(23)22(12-19(9-10-19)16(20)21-24)15-11-14(15)13-7-5-4-6-8-13;1-13(2,3)18-12(17)14-8-9-4-6-10(7-5-9)11(15)16/h7-11,21,23-25H,12-20H2,1-6H3,(H,33,37);1-5,15,17-19,24H,6-14,23H2;4-8,14-15,24H,9-12H2,1-3H3,(H2,20,21);9-10H,4-8H2,1-3H3,(H,14,17)(H,15,16)/t21?,23?,24-,25+;15?,17?,18-,19+;14-,15+;/m000./s1. The van der Waals surface area contributed by atoms with Crippen LogP contribution in [-0.2, 0) is 34.6 Å². The number of amidine groups is 1. The Morgan fingerprint density at radius 3 is 1.28 bits per heavy atom. The second kappa shape index (κ2) is 35.4. The molecule has 9 fully saturated rings. The highest BCUT2D eigenvalue weighted by Crippen LogP contribution is 2.55. The number of alkyl carbamates (subject to hydrolysis) is 2. The maximum Gasteiger partial charge on any atom is 0.410 e. The highest BCUT2D eigenvalue weighted by molar-refractivity contribution is 5.89. The van der Waals surface area contributed by atoms with Gasteiger partial charge in [-0.15, -0.1) is 0 Å². The Bertz CT molecular complexity index is 3880. The molecule has 0 aliphatic heterocycles. The predicted octanol–water partition coefficient (Wildman–Crippen LogP) is 15.9. The SMILES string of the molecule is CC(C)(C)OC(=O)N(CC1(C(N)=NO)CC1)[C@@H]1C[C@H]1c1ccccc1.CC(C)(C)OC(=O)NCC1CCC(C(=O)O)CC1.CC(C)(C)OC(=O)NCC1CCC(c2nc(C3(CN(C(=O)OC(C)(C)C)[C@@H]4C[C@H]4c4ccccc4)CC3)no2)CC1.NCC1CCC(c2nc(C3(CN[C@@H]4C[C@H]4c4ccccc4)CC3)no2)CC1. The molecule has 9 aliphatic carbocycles. The highest BCUT2D eigenvalue weighted by atomic mass is 16.6. The number of aliphatic carboxylic acids is 1. The van der Waals surface area contributed by atoms with Crippen molar-refractivity contribution in [3.8, 4) is 0 Å². The third-order valence-electron chi connectivity index (χ3n) is 23.5. The number of aromatic nitrogens is 4. The van der Waals surface area contributed by atoms with Crippen LogP contribution in [0.4, 0.5) is 19.2 Å². The molecule has 0 bridgehead atoms. The van der Waals surface area contributed by atoms with Crippen LogP contribution in [0, 0.1) is 29.1 Å². The van der Waals surface area contributed by atoms with Gasteiger partial charge >= 0.3 is 30.3 Å². The van der Waals surface area contributed by atoms with Crippen LogP contribution in [0.2, 0.25) is 0 Å². The molecular weight excluding hydrogens is 1410 g/mol. The molecule has 5 aromatic rings. The van der Waals surface area contributed by atoms with Gasteiger partial charge < -0.3 is 75.5 Å². The summed E-state index contributed by atoms with van der Waals surface area (Å²) in [5.41, 5.74) is 13.0. The van der Waals surface area contributed by atoms with Gasteiger partial charge in [-0.25, -0.2) is 19.2 Å². The largest absolute Gasteiger partial charge is 0.481 e. The van der Waals surface area contributed by atoms with Crippen LogP contribution < -0.4 is 27.4 Å². The van der Waals surface area contributed by atoms with E-state index in [2.05, 4.69) is 98.1 Å². The summed E-state index contributed by atoms with van der Waals surface area (Å²) < 4.78 is 33.5. The van der Waals surface area contributed by atoms with E-state index in [0.717, 1.165) is 115 Å². The molecule has 4 amide bonds. The van der Waals surface area contributed by atoms with E-state index in [1.807, 2.05) is 112 Å². The second-order valence-corrected chi connectivity index (χ2v) is 37.3. The fraction of sp³-hybridized carbons (Fsp3) is 0.674. The molecule has 3 aromatic carbocycles. The van der Waals surface area contributed by atoms with Crippen molar-refractivity contribution in [1.29, 1.82) is 0 Å². The number of oxime groups is 1. The lowest BCUT2D eigenvalue weighted by Gasteiger charge is -2.30. The van der Waals surface area contributed by atoms with Gasteiger partial charge in [-0.1, -0.05) is 106 Å². The van der Waals surface area contributed by atoms with Crippen molar-refractivity contribution in [2.45, 2.75) is 299 Å². The van der Waals surface area contributed by atoms with Gasteiger partial charge in [0.15, 0.2) is 11.6 Å². The van der Waals surface area contributed by atoms with E-state index < -0.39 is 39.9 Å². The van der Waals surface area contributed by atoms with Crippen LogP contribution in [0.5, 0.6) is 0 Å². The lowest BCUT2D eigenvalue weighted by molar-refractivity contribution is -0.143. The van der Waals surface area contributed by atoms with Gasteiger partial charge in [0.05, 0.1) is 11.3 Å². The fourth-order valence-electron chi connectivity index (χ4n) is 16.1. The minimum absolute atomic E-state index is 0.0983. The maximum atomic E-state index is 13.4. The smallest absolute Gasteiger partial charge is 0.410 e. The number of hydrogen-bond donors (Lipinski definition) is 7. The predicted molar refractivity (Wildman–Crippen MR) is 422 cm³/mol. The number of carbonyl (C=O) groups is 5. The Morgan fingerprint density at radius 2 is 0.901 bits per heavy atom. The summed E-state index contributed by atoms with van der Waals surface area (Å²) in [5, 5.41) is 39.4. The number of carboxylic acids is 1. The summed E-state index contributed by atoms with van der Waals surface area (Å²) in [4.78, 5) is 73.9. The minimum atomic E-state index is -0.700. The van der Waals surface area contributed by atoms with E-state index >= 15 is 0 Å². The summed E-state index contributed by atoms with van der Waals surface area (Å²) in [6, 6.07) is 32.2. The van der Waals surface area contributed by atoms with Crippen LogP contribution in [0.1, 0.15) is 288 Å². The molecule has 0 unspecified atom stereocenters. The van der Waals surface area contributed by atoms with Crippen LogP contribution in [0.3, 0.4) is 0 Å². The summed E-state index contributed by atoms with van der Waals surface area (Å²) in [6.45, 7) is 26.3. The molecule has 0 saturated heterocycles. The molecule has 111 heavy (non-hydrogen) atoms. The lowest BCUT2D eigenvalue weighted by atomic mass is 9.82. The van der Waals surface area contributed by atoms with Crippen molar-refractivity contribution in [2.24, 2.45) is 45.7 Å². The fourth-order valence-corrected chi connectivity index (χ4v) is 16.1. The number of carboxylic acid groups (broad SMARTS) is 1. The molecule has 14 rings (SSSR count). The van der Waals surface area contributed by atoms with E-state index in [4.69, 9.17) is 59.7 Å². The minimum Gasteiger partial charge on any atom is -0.481 e. The van der Waals surface area contributed by atoms with Gasteiger partial charge in [-0.3, -0.25) is 4.79 Å². The average molecular weight is 1540 g/mol. The van der Waals surface area contributed by atoms with Crippen molar-refractivity contribution in [3.63, 3.8) is 0 Å². The van der Waals surface area contributed by atoms with E-state index in [0.29, 0.717) is 98.2 Å². The summed E-state index contributed by atoms with van der Waals surface area (Å²) in [5.74, 6) is 5.92. The zero-order valence-electron chi connectivity index (χ0n) is 67.9. The zero-order chi connectivity index (χ0) is 79.7. The topological polar surface area (TPSA) is 348 Å². The van der Waals surface area contributed by atoms with Crippen LogP contribution in [0.25, 0.3) is 0 Å². The first kappa shape index (κ1) is 83.6. The Balaban J connectivity index is 0.000000153. The molecule has 25 heteroatoms. The zero-order valence-corrected chi connectivity index (χ0v) is 67.9. The monoisotopic (exact) mass is 1530 g/mol. The Hall–Kier alpha value is -8.32. The number of nitrogens with zero attached hydrogens (tertiary/aromatic N) is 7. The molecule has 2 heterocycles. The molecule has 9 saturated carbocycles. The third-order valence-corrected chi connectivity index (χ3v) is 23.5. The van der Waals surface area contributed by atoms with Crippen molar-refractivity contribution in [3.05, 3.63) is 131 Å². The molecule has 25 nitrogen and oxygen atoms in total. The summed E-state index contributed by atoms with van der Waals surface area (Å²) in [7, 11) is 0. The molecule has 0 radical (unpaired) electrons. The van der Waals surface area contributed by atoms with Crippen molar-refractivity contribution in [2.75, 3.05) is 39.3 Å². The number of ether oxygens (including phenoxy) is 4. The summed E-state index contributed by atoms with van der Waals surface area (Å²) >= 11 is 0. The first-order chi connectivity index (χ1) is 52.6. The van der Waals surface area contributed by atoms with E-state index in [1.165, 1.54) is 48.8 Å². The number of amides is 4. The number of carbonyl (C=O) groups excluding carboxylic acids is 4. The molecule has 9 aliphatic rings. The number of hydrogen-bond acceptors (Lipinski definition) is 19. The van der Waals surface area contributed by atoms with Crippen LogP contribution >= 0.6 is 0 Å². The molecule has 0 spiro atoms. The number of nitrogens with two attached hydrogens (primary N) is 2. The van der Waals surface area contributed by atoms with E-state index in [1.54, 1.807) is 4.90 Å². The summed E-state index contributed by atoms with van der Waals surface area (Å²) in [6.07, 6.45) is 19.2. The first-order valence-electron chi connectivity index (χ1n) is 41.0.